The molecule has 0 aromatic heterocycles. The van der Waals surface area contributed by atoms with Gasteiger partial charge in [-0.2, -0.15) is 0 Å². The van der Waals surface area contributed by atoms with Gasteiger partial charge in [-0.25, -0.2) is 9.18 Å². The Morgan fingerprint density at radius 3 is 2.85 bits per heavy atom. The highest BCUT2D eigenvalue weighted by Crippen LogP contribution is 2.23. The summed E-state index contributed by atoms with van der Waals surface area (Å²) in [6.07, 6.45) is 5.54. The van der Waals surface area contributed by atoms with Gasteiger partial charge in [-0.05, 0) is 50.7 Å². The Morgan fingerprint density at radius 1 is 1.23 bits per heavy atom. The quantitative estimate of drug-likeness (QED) is 0.845. The monoisotopic (exact) mass is 363 g/mol. The molecular weight excluding hydrogens is 337 g/mol. The van der Waals surface area contributed by atoms with E-state index in [2.05, 4.69) is 10.6 Å². The number of piperidine rings is 1. The number of nitrogens with one attached hydrogen (secondary N) is 2. The summed E-state index contributed by atoms with van der Waals surface area (Å²) in [5.74, 6) is -0.703. The van der Waals surface area contributed by atoms with Crippen molar-refractivity contribution >= 4 is 17.6 Å². The van der Waals surface area contributed by atoms with Crippen molar-refractivity contribution in [1.82, 2.24) is 10.6 Å². The number of hydrogen-bond donors (Lipinski definition) is 2. The summed E-state index contributed by atoms with van der Waals surface area (Å²) in [4.78, 5) is 26.1. The third-order valence-corrected chi connectivity index (χ3v) is 4.91. The number of carbonyl (C=O) groups is 2. The zero-order valence-corrected chi connectivity index (χ0v) is 14.9. The van der Waals surface area contributed by atoms with Crippen LogP contribution in [0.25, 0.3) is 0 Å². The van der Waals surface area contributed by atoms with Gasteiger partial charge in [0.05, 0.1) is 11.8 Å². The largest absolute Gasteiger partial charge is 0.378 e. The summed E-state index contributed by atoms with van der Waals surface area (Å²) in [6.45, 7) is 1.76. The third-order valence-electron chi connectivity index (χ3n) is 4.91. The van der Waals surface area contributed by atoms with Crippen molar-refractivity contribution in [1.29, 1.82) is 0 Å². The molecule has 2 N–H and O–H groups in total. The molecule has 142 valence electrons. The summed E-state index contributed by atoms with van der Waals surface area (Å²) in [6, 6.07) is 5.21. The Bertz CT molecular complexity index is 634. The second kappa shape index (κ2) is 8.98. The zero-order valence-electron chi connectivity index (χ0n) is 14.9. The number of rotatable bonds is 5. The van der Waals surface area contributed by atoms with Crippen LogP contribution in [0.1, 0.15) is 38.5 Å². The van der Waals surface area contributed by atoms with Crippen LogP contribution in [0.5, 0.6) is 0 Å². The van der Waals surface area contributed by atoms with Crippen LogP contribution in [-0.4, -0.2) is 43.8 Å². The van der Waals surface area contributed by atoms with Crippen molar-refractivity contribution in [2.45, 2.75) is 50.7 Å². The normalized spacial score (nSPS) is 23.6. The molecule has 26 heavy (non-hydrogen) atoms. The smallest absolute Gasteiger partial charge is 0.315 e. The maximum Gasteiger partial charge on any atom is 0.315 e. The van der Waals surface area contributed by atoms with Gasteiger partial charge in [-0.3, -0.25) is 4.79 Å². The highest BCUT2D eigenvalue weighted by molar-refractivity contribution is 5.99. The maximum absolute atomic E-state index is 14.0. The molecule has 3 rings (SSSR count). The number of benzene rings is 1. The summed E-state index contributed by atoms with van der Waals surface area (Å²) >= 11 is 0. The Morgan fingerprint density at radius 2 is 2.08 bits per heavy atom. The Labute approximate surface area is 153 Å². The van der Waals surface area contributed by atoms with Crippen molar-refractivity contribution in [3.8, 4) is 0 Å². The fourth-order valence-corrected chi connectivity index (χ4v) is 3.51. The fraction of sp³-hybridized carbons (Fsp3) is 0.579. The molecule has 1 aromatic carbocycles. The van der Waals surface area contributed by atoms with Crippen molar-refractivity contribution < 1.29 is 18.7 Å². The van der Waals surface area contributed by atoms with Crippen LogP contribution in [0.3, 0.4) is 0 Å². The summed E-state index contributed by atoms with van der Waals surface area (Å²) in [5, 5.41) is 5.51. The van der Waals surface area contributed by atoms with Crippen LogP contribution in [0.15, 0.2) is 24.3 Å². The summed E-state index contributed by atoms with van der Waals surface area (Å²) in [5.41, 5.74) is 0.263. The van der Waals surface area contributed by atoms with Crippen LogP contribution < -0.4 is 15.5 Å². The molecule has 6 nitrogen and oxygen atoms in total. The van der Waals surface area contributed by atoms with Gasteiger partial charge in [-0.15, -0.1) is 0 Å². The summed E-state index contributed by atoms with van der Waals surface area (Å²) in [7, 11) is 0. The number of amides is 3. The molecule has 0 aliphatic carbocycles. The SMILES string of the molecule is O=C(NCCC1CCCCO1)NC1CCCN(c2ccccc2F)C1=O. The van der Waals surface area contributed by atoms with Gasteiger partial charge in [0.1, 0.15) is 11.9 Å². The van der Waals surface area contributed by atoms with E-state index in [1.54, 1.807) is 18.2 Å². The van der Waals surface area contributed by atoms with Crippen LogP contribution in [0.4, 0.5) is 14.9 Å². The number of ether oxygens (including phenoxy) is 1. The maximum atomic E-state index is 14.0. The van der Waals surface area contributed by atoms with E-state index < -0.39 is 11.9 Å². The lowest BCUT2D eigenvalue weighted by molar-refractivity contribution is -0.121. The van der Waals surface area contributed by atoms with Gasteiger partial charge in [-0.1, -0.05) is 12.1 Å². The highest BCUT2D eigenvalue weighted by atomic mass is 19.1. The van der Waals surface area contributed by atoms with Crippen LogP contribution in [0.2, 0.25) is 0 Å². The lowest BCUT2D eigenvalue weighted by atomic mass is 10.0. The Balaban J connectivity index is 1.48. The van der Waals surface area contributed by atoms with Gasteiger partial charge < -0.3 is 20.3 Å². The first kappa shape index (κ1) is 18.6. The molecule has 0 spiro atoms. The molecule has 0 saturated carbocycles. The molecule has 2 unspecified atom stereocenters. The molecule has 3 amide bonds. The minimum absolute atomic E-state index is 0.205. The second-order valence-electron chi connectivity index (χ2n) is 6.81. The van der Waals surface area contributed by atoms with E-state index in [0.717, 1.165) is 25.9 Å². The molecule has 2 fully saturated rings. The molecular formula is C19H26FN3O3. The van der Waals surface area contributed by atoms with E-state index in [1.807, 2.05) is 0 Å². The molecule has 2 saturated heterocycles. The van der Waals surface area contributed by atoms with Crippen molar-refractivity contribution in [3.63, 3.8) is 0 Å². The van der Waals surface area contributed by atoms with Gasteiger partial charge in [0.25, 0.3) is 0 Å². The number of hydrogen-bond acceptors (Lipinski definition) is 3. The average Bonchev–Trinajstić information content (AvgIpc) is 2.65. The molecule has 7 heteroatoms. The molecule has 2 aliphatic rings. The standard InChI is InChI=1S/C19H26FN3O3/c20-15-7-1-2-9-17(15)23-12-5-8-16(18(23)24)22-19(25)21-11-10-14-6-3-4-13-26-14/h1-2,7,9,14,16H,3-6,8,10-13H2,(H2,21,22,25). The molecule has 1 aromatic rings. The predicted molar refractivity (Wildman–Crippen MR) is 96.5 cm³/mol. The Hall–Kier alpha value is -2.15. The second-order valence-corrected chi connectivity index (χ2v) is 6.81. The molecule has 2 aliphatic heterocycles. The highest BCUT2D eigenvalue weighted by Gasteiger charge is 2.31. The van der Waals surface area contributed by atoms with E-state index in [4.69, 9.17) is 4.74 Å². The first-order valence-electron chi connectivity index (χ1n) is 9.37. The van der Waals surface area contributed by atoms with E-state index in [0.29, 0.717) is 25.9 Å². The van der Waals surface area contributed by atoms with Crippen molar-refractivity contribution in [2.75, 3.05) is 24.6 Å². The van der Waals surface area contributed by atoms with E-state index in [9.17, 15) is 14.0 Å². The van der Waals surface area contributed by atoms with E-state index >= 15 is 0 Å². The van der Waals surface area contributed by atoms with Crippen LogP contribution in [0, 0.1) is 5.82 Å². The number of nitrogens with zero attached hydrogens (tertiary/aromatic N) is 1. The topological polar surface area (TPSA) is 70.7 Å². The van der Waals surface area contributed by atoms with Crippen LogP contribution in [-0.2, 0) is 9.53 Å². The van der Waals surface area contributed by atoms with Crippen molar-refractivity contribution in [2.24, 2.45) is 0 Å². The number of urea groups is 1. The predicted octanol–water partition coefficient (Wildman–Crippen LogP) is 2.58. The molecule has 2 atom stereocenters. The van der Waals surface area contributed by atoms with Crippen molar-refractivity contribution in [3.05, 3.63) is 30.1 Å². The van der Waals surface area contributed by atoms with Gasteiger partial charge in [0.2, 0.25) is 5.91 Å². The van der Waals surface area contributed by atoms with E-state index in [-0.39, 0.29) is 23.7 Å². The van der Waals surface area contributed by atoms with E-state index in [1.165, 1.54) is 17.4 Å². The number of halogens is 1. The Kier molecular flexibility index (Phi) is 6.44. The fourth-order valence-electron chi connectivity index (χ4n) is 3.51. The van der Waals surface area contributed by atoms with Crippen LogP contribution >= 0.6 is 0 Å². The van der Waals surface area contributed by atoms with Gasteiger partial charge in [0.15, 0.2) is 0 Å². The molecule has 0 radical (unpaired) electrons. The third kappa shape index (κ3) is 4.72. The molecule has 0 bridgehead atoms. The van der Waals surface area contributed by atoms with Gasteiger partial charge >= 0.3 is 6.03 Å². The average molecular weight is 363 g/mol. The first-order valence-corrected chi connectivity index (χ1v) is 9.37. The lowest BCUT2D eigenvalue weighted by Gasteiger charge is -2.32. The summed E-state index contributed by atoms with van der Waals surface area (Å²) < 4.78 is 19.6. The lowest BCUT2D eigenvalue weighted by Crippen LogP contribution is -2.54. The number of carbonyl (C=O) groups excluding carboxylic acids is 2. The first-order chi connectivity index (χ1) is 12.6. The molecule has 2 heterocycles. The van der Waals surface area contributed by atoms with Gasteiger partial charge in [0, 0.05) is 19.7 Å². The zero-order chi connectivity index (χ0) is 18.4. The number of para-hydroxylation sites is 1. The number of anilines is 1. The minimum Gasteiger partial charge on any atom is -0.378 e. The minimum atomic E-state index is -0.630.